The summed E-state index contributed by atoms with van der Waals surface area (Å²) in [5.74, 6) is 1.27. The lowest BCUT2D eigenvalue weighted by Gasteiger charge is -2.25. The summed E-state index contributed by atoms with van der Waals surface area (Å²) in [6.45, 7) is 2.14. The minimum Gasteiger partial charge on any atom is -0.454 e. The summed E-state index contributed by atoms with van der Waals surface area (Å²) < 4.78 is 10.6. The van der Waals surface area contributed by atoms with Crippen LogP contribution in [0.5, 0.6) is 11.5 Å². The number of fused-ring (bicyclic) bond motifs is 1. The van der Waals surface area contributed by atoms with E-state index in [1.807, 2.05) is 31.2 Å². The Morgan fingerprint density at radius 3 is 2.68 bits per heavy atom. The third kappa shape index (κ3) is 3.91. The molecule has 4 nitrogen and oxygen atoms in total. The zero-order chi connectivity index (χ0) is 18.0. The number of carbonyl (C=O) groups is 1. The second-order valence-corrected chi connectivity index (χ2v) is 6.58. The number of hydrogen-bond acceptors (Lipinski definition) is 3. The fraction of sp³-hybridized carbons (Fsp3) is 0.211. The van der Waals surface area contributed by atoms with Gasteiger partial charge in [0.05, 0.1) is 6.04 Å². The standard InChI is InChI=1S/C19H17Cl2NO3/c1-12(15-6-5-14(20)10-16(15)21)22(2)19(23)8-4-13-3-7-17-18(9-13)25-11-24-17/h3-10,12H,11H2,1-2H3. The van der Waals surface area contributed by atoms with E-state index in [1.54, 1.807) is 30.2 Å². The van der Waals surface area contributed by atoms with Gasteiger partial charge in [0.1, 0.15) is 0 Å². The Kier molecular flexibility index (Phi) is 5.21. The van der Waals surface area contributed by atoms with Gasteiger partial charge in [-0.15, -0.1) is 0 Å². The fourth-order valence-electron chi connectivity index (χ4n) is 2.54. The molecular formula is C19H17Cl2NO3. The summed E-state index contributed by atoms with van der Waals surface area (Å²) >= 11 is 12.2. The highest BCUT2D eigenvalue weighted by atomic mass is 35.5. The lowest BCUT2D eigenvalue weighted by Crippen LogP contribution is -2.28. The topological polar surface area (TPSA) is 38.8 Å². The Hall–Kier alpha value is -2.17. The highest BCUT2D eigenvalue weighted by Crippen LogP contribution is 2.33. The lowest BCUT2D eigenvalue weighted by atomic mass is 10.1. The van der Waals surface area contributed by atoms with Crippen LogP contribution in [0.25, 0.3) is 6.08 Å². The zero-order valence-corrected chi connectivity index (χ0v) is 15.3. The molecule has 2 aromatic carbocycles. The first-order valence-corrected chi connectivity index (χ1v) is 8.51. The van der Waals surface area contributed by atoms with Gasteiger partial charge in [0.15, 0.2) is 11.5 Å². The van der Waals surface area contributed by atoms with Crippen LogP contribution in [0.1, 0.15) is 24.1 Å². The van der Waals surface area contributed by atoms with Crippen LogP contribution in [-0.2, 0) is 4.79 Å². The Morgan fingerprint density at radius 1 is 1.16 bits per heavy atom. The molecule has 1 aliphatic heterocycles. The van der Waals surface area contributed by atoms with Crippen LogP contribution in [0.4, 0.5) is 0 Å². The summed E-state index contributed by atoms with van der Waals surface area (Å²) in [4.78, 5) is 14.1. The first-order chi connectivity index (χ1) is 12.0. The molecule has 1 unspecified atom stereocenters. The number of hydrogen-bond donors (Lipinski definition) is 0. The largest absolute Gasteiger partial charge is 0.454 e. The minimum absolute atomic E-state index is 0.129. The molecule has 2 aromatic rings. The Morgan fingerprint density at radius 2 is 1.92 bits per heavy atom. The summed E-state index contributed by atoms with van der Waals surface area (Å²) in [5.41, 5.74) is 1.71. The number of likely N-dealkylation sites (N-methyl/N-ethyl adjacent to an activating group) is 1. The number of nitrogens with zero attached hydrogens (tertiary/aromatic N) is 1. The van der Waals surface area contributed by atoms with Crippen molar-refractivity contribution >= 4 is 35.2 Å². The van der Waals surface area contributed by atoms with Crippen LogP contribution in [0.2, 0.25) is 10.0 Å². The molecule has 0 spiro atoms. The van der Waals surface area contributed by atoms with Crippen molar-refractivity contribution in [3.63, 3.8) is 0 Å². The molecule has 0 fully saturated rings. The molecular weight excluding hydrogens is 361 g/mol. The van der Waals surface area contributed by atoms with Crippen LogP contribution >= 0.6 is 23.2 Å². The van der Waals surface area contributed by atoms with E-state index in [2.05, 4.69) is 0 Å². The summed E-state index contributed by atoms with van der Waals surface area (Å²) in [7, 11) is 1.74. The third-order valence-corrected chi connectivity index (χ3v) is 4.72. The van der Waals surface area contributed by atoms with Gasteiger partial charge in [-0.05, 0) is 48.4 Å². The number of halogens is 2. The van der Waals surface area contributed by atoms with Crippen molar-refractivity contribution in [2.75, 3.05) is 13.8 Å². The van der Waals surface area contributed by atoms with Gasteiger partial charge in [-0.2, -0.15) is 0 Å². The summed E-state index contributed by atoms with van der Waals surface area (Å²) in [6.07, 6.45) is 3.27. The molecule has 1 heterocycles. The number of benzene rings is 2. The van der Waals surface area contributed by atoms with Gasteiger partial charge in [0.25, 0.3) is 0 Å². The SMILES string of the molecule is CC(c1ccc(Cl)cc1Cl)N(C)C(=O)C=Cc1ccc2c(c1)OCO2. The van der Waals surface area contributed by atoms with Crippen molar-refractivity contribution in [1.29, 1.82) is 0 Å². The molecule has 0 N–H and O–H groups in total. The molecule has 1 amide bonds. The van der Waals surface area contributed by atoms with Crippen molar-refractivity contribution in [1.82, 2.24) is 4.90 Å². The number of rotatable bonds is 4. The third-order valence-electron chi connectivity index (χ3n) is 4.16. The molecule has 1 atom stereocenters. The van der Waals surface area contributed by atoms with E-state index in [0.29, 0.717) is 21.5 Å². The average Bonchev–Trinajstić information content (AvgIpc) is 3.06. The normalized spacial score (nSPS) is 13.9. The van der Waals surface area contributed by atoms with Gasteiger partial charge in [0, 0.05) is 23.2 Å². The fourth-order valence-corrected chi connectivity index (χ4v) is 3.11. The van der Waals surface area contributed by atoms with Gasteiger partial charge in [-0.3, -0.25) is 4.79 Å². The van der Waals surface area contributed by atoms with Gasteiger partial charge < -0.3 is 14.4 Å². The first kappa shape index (κ1) is 17.6. The highest BCUT2D eigenvalue weighted by Gasteiger charge is 2.18. The molecule has 0 aliphatic carbocycles. The van der Waals surface area contributed by atoms with Crippen LogP contribution in [-0.4, -0.2) is 24.6 Å². The predicted octanol–water partition coefficient (Wildman–Crippen LogP) is 4.95. The molecule has 0 aromatic heterocycles. The molecule has 0 saturated carbocycles. The van der Waals surface area contributed by atoms with E-state index in [1.165, 1.54) is 6.08 Å². The molecule has 6 heteroatoms. The second-order valence-electron chi connectivity index (χ2n) is 5.74. The Bertz CT molecular complexity index is 835. The maximum absolute atomic E-state index is 12.5. The average molecular weight is 378 g/mol. The van der Waals surface area contributed by atoms with E-state index in [9.17, 15) is 4.79 Å². The molecule has 0 saturated heterocycles. The summed E-state index contributed by atoms with van der Waals surface area (Å²) in [5, 5.41) is 1.11. The second kappa shape index (κ2) is 7.38. The monoisotopic (exact) mass is 377 g/mol. The van der Waals surface area contributed by atoms with Crippen molar-refractivity contribution in [3.05, 3.63) is 63.6 Å². The number of ether oxygens (including phenoxy) is 2. The lowest BCUT2D eigenvalue weighted by molar-refractivity contribution is -0.126. The van der Waals surface area contributed by atoms with E-state index < -0.39 is 0 Å². The molecule has 25 heavy (non-hydrogen) atoms. The predicted molar refractivity (Wildman–Crippen MR) is 99.2 cm³/mol. The molecule has 1 aliphatic rings. The van der Waals surface area contributed by atoms with Crippen LogP contribution in [0, 0.1) is 0 Å². The highest BCUT2D eigenvalue weighted by molar-refractivity contribution is 6.35. The Labute approximate surface area is 156 Å². The van der Waals surface area contributed by atoms with Gasteiger partial charge in [-0.1, -0.05) is 35.3 Å². The van der Waals surface area contributed by atoms with Crippen molar-refractivity contribution in [3.8, 4) is 11.5 Å². The zero-order valence-electron chi connectivity index (χ0n) is 13.8. The van der Waals surface area contributed by atoms with Crippen molar-refractivity contribution in [2.24, 2.45) is 0 Å². The van der Waals surface area contributed by atoms with E-state index >= 15 is 0 Å². The van der Waals surface area contributed by atoms with Crippen LogP contribution < -0.4 is 9.47 Å². The molecule has 0 bridgehead atoms. The van der Waals surface area contributed by atoms with Gasteiger partial charge in [0.2, 0.25) is 12.7 Å². The molecule has 130 valence electrons. The minimum atomic E-state index is -0.182. The smallest absolute Gasteiger partial charge is 0.246 e. The number of carbonyl (C=O) groups excluding carboxylic acids is 1. The van der Waals surface area contributed by atoms with Gasteiger partial charge >= 0.3 is 0 Å². The summed E-state index contributed by atoms with van der Waals surface area (Å²) in [6, 6.07) is 10.6. The van der Waals surface area contributed by atoms with E-state index in [4.69, 9.17) is 32.7 Å². The first-order valence-electron chi connectivity index (χ1n) is 7.75. The van der Waals surface area contributed by atoms with Crippen LogP contribution in [0.3, 0.4) is 0 Å². The van der Waals surface area contributed by atoms with E-state index in [-0.39, 0.29) is 18.7 Å². The molecule has 0 radical (unpaired) electrons. The van der Waals surface area contributed by atoms with Gasteiger partial charge in [-0.25, -0.2) is 0 Å². The van der Waals surface area contributed by atoms with E-state index in [0.717, 1.165) is 11.1 Å². The molecule has 3 rings (SSSR count). The maximum atomic E-state index is 12.5. The Balaban J connectivity index is 1.71. The van der Waals surface area contributed by atoms with Crippen LogP contribution in [0.15, 0.2) is 42.5 Å². The van der Waals surface area contributed by atoms with Crippen molar-refractivity contribution < 1.29 is 14.3 Å². The quantitative estimate of drug-likeness (QED) is 0.707. The number of amides is 1. The maximum Gasteiger partial charge on any atom is 0.246 e. The van der Waals surface area contributed by atoms with Crippen molar-refractivity contribution in [2.45, 2.75) is 13.0 Å².